The highest BCUT2D eigenvalue weighted by Gasteiger charge is 2.06. The van der Waals surface area contributed by atoms with Gasteiger partial charge in [-0.25, -0.2) is 8.42 Å². The molecule has 0 spiro atoms. The number of sulfone groups is 1. The molecule has 0 saturated carbocycles. The van der Waals surface area contributed by atoms with E-state index in [9.17, 15) is 8.42 Å². The lowest BCUT2D eigenvalue weighted by atomic mass is 10.6. The summed E-state index contributed by atoms with van der Waals surface area (Å²) >= 11 is 5.34. The summed E-state index contributed by atoms with van der Waals surface area (Å²) in [5, 5.41) is 0. The Morgan fingerprint density at radius 3 is 2.30 bits per heavy atom. The van der Waals surface area contributed by atoms with E-state index in [0.29, 0.717) is 24.5 Å². The van der Waals surface area contributed by atoms with Crippen LogP contribution in [0, 0.1) is 0 Å². The van der Waals surface area contributed by atoms with Crippen LogP contribution in [0.1, 0.15) is 19.8 Å². The van der Waals surface area contributed by atoms with Crippen LogP contribution < -0.4 is 0 Å². The van der Waals surface area contributed by atoms with Crippen molar-refractivity contribution in [2.45, 2.75) is 19.8 Å². The smallest absolute Gasteiger partial charge is 0.150 e. The van der Waals surface area contributed by atoms with Crippen molar-refractivity contribution >= 4 is 21.4 Å². The molecule has 0 aliphatic carbocycles. The van der Waals surface area contributed by atoms with Gasteiger partial charge >= 0.3 is 0 Å². The first-order chi connectivity index (χ1) is 4.62. The molecule has 62 valence electrons. The first kappa shape index (κ1) is 10.2. The van der Waals surface area contributed by atoms with Crippen LogP contribution in [0.25, 0.3) is 0 Å². The van der Waals surface area contributed by atoms with Gasteiger partial charge in [0.25, 0.3) is 0 Å². The minimum absolute atomic E-state index is 0.240. The lowest BCUT2D eigenvalue weighted by molar-refractivity contribution is 0.593. The van der Waals surface area contributed by atoms with Crippen molar-refractivity contribution in [1.29, 1.82) is 0 Å². The molecule has 2 nitrogen and oxygen atoms in total. The quantitative estimate of drug-likeness (QED) is 0.606. The Balaban J connectivity index is 3.65. The molecule has 0 N–H and O–H groups in total. The zero-order valence-electron chi connectivity index (χ0n) is 6.14. The van der Waals surface area contributed by atoms with Gasteiger partial charge in [0.05, 0.1) is 5.75 Å². The minimum atomic E-state index is -2.78. The van der Waals surface area contributed by atoms with E-state index in [4.69, 9.17) is 11.6 Å². The van der Waals surface area contributed by atoms with E-state index in [2.05, 4.69) is 0 Å². The lowest BCUT2D eigenvalue weighted by Crippen LogP contribution is -2.10. The second kappa shape index (κ2) is 4.97. The van der Waals surface area contributed by atoms with Crippen LogP contribution in [0.4, 0.5) is 0 Å². The predicted molar refractivity (Wildman–Crippen MR) is 44.3 cm³/mol. The molecule has 0 heterocycles. The summed E-state index contributed by atoms with van der Waals surface area (Å²) in [6, 6.07) is 0. The van der Waals surface area contributed by atoms with Crippen LogP contribution in [0.15, 0.2) is 0 Å². The Morgan fingerprint density at radius 1 is 1.30 bits per heavy atom. The van der Waals surface area contributed by atoms with Crippen LogP contribution in [0.5, 0.6) is 0 Å². The van der Waals surface area contributed by atoms with Crippen molar-refractivity contribution in [3.63, 3.8) is 0 Å². The first-order valence-corrected chi connectivity index (χ1v) is 5.74. The molecular weight excluding hydrogens is 172 g/mol. The molecular formula is C6H13ClO2S. The number of hydrogen-bond donors (Lipinski definition) is 0. The zero-order valence-corrected chi connectivity index (χ0v) is 7.71. The molecule has 0 aromatic heterocycles. The molecule has 0 aromatic carbocycles. The van der Waals surface area contributed by atoms with Crippen molar-refractivity contribution in [2.24, 2.45) is 0 Å². The van der Waals surface area contributed by atoms with E-state index in [1.165, 1.54) is 0 Å². The summed E-state index contributed by atoms with van der Waals surface area (Å²) in [7, 11) is -2.78. The number of rotatable bonds is 5. The Labute approximate surface area is 67.5 Å². The van der Waals surface area contributed by atoms with Crippen LogP contribution in [0.3, 0.4) is 0 Å². The molecule has 0 atom stereocenters. The Kier molecular flexibility index (Phi) is 5.09. The molecule has 0 saturated heterocycles. The van der Waals surface area contributed by atoms with Crippen LogP contribution in [0.2, 0.25) is 0 Å². The largest absolute Gasteiger partial charge is 0.229 e. The van der Waals surface area contributed by atoms with Crippen molar-refractivity contribution in [3.8, 4) is 0 Å². The third-order valence-corrected chi connectivity index (χ3v) is 3.31. The van der Waals surface area contributed by atoms with E-state index in [0.717, 1.165) is 0 Å². The van der Waals surface area contributed by atoms with Crippen LogP contribution >= 0.6 is 11.6 Å². The highest BCUT2D eigenvalue weighted by molar-refractivity contribution is 7.91. The van der Waals surface area contributed by atoms with Crippen molar-refractivity contribution < 1.29 is 8.42 Å². The van der Waals surface area contributed by atoms with Crippen molar-refractivity contribution in [3.05, 3.63) is 0 Å². The summed E-state index contributed by atoms with van der Waals surface area (Å²) in [6.07, 6.45) is 1.27. The SMILES string of the molecule is CCCS(=O)(=O)CCCCl. The summed E-state index contributed by atoms with van der Waals surface area (Å²) in [5.41, 5.74) is 0. The maximum atomic E-state index is 10.9. The molecule has 4 heteroatoms. The summed E-state index contributed by atoms with van der Waals surface area (Å²) < 4.78 is 21.9. The molecule has 0 aliphatic rings. The van der Waals surface area contributed by atoms with Gasteiger partial charge in [-0.2, -0.15) is 0 Å². The summed E-state index contributed by atoms with van der Waals surface area (Å²) in [6.45, 7) is 1.86. The van der Waals surface area contributed by atoms with Crippen molar-refractivity contribution in [1.82, 2.24) is 0 Å². The molecule has 0 amide bonds. The molecule has 0 aromatic rings. The van der Waals surface area contributed by atoms with Gasteiger partial charge in [-0.15, -0.1) is 11.6 Å². The fourth-order valence-electron chi connectivity index (χ4n) is 0.688. The molecule has 0 bridgehead atoms. The first-order valence-electron chi connectivity index (χ1n) is 3.39. The highest BCUT2D eigenvalue weighted by atomic mass is 35.5. The lowest BCUT2D eigenvalue weighted by Gasteiger charge is -1.98. The molecule has 10 heavy (non-hydrogen) atoms. The number of halogens is 1. The van der Waals surface area contributed by atoms with Gasteiger partial charge in [-0.05, 0) is 12.8 Å². The third kappa shape index (κ3) is 5.06. The normalized spacial score (nSPS) is 11.8. The van der Waals surface area contributed by atoms with E-state index >= 15 is 0 Å². The topological polar surface area (TPSA) is 34.1 Å². The zero-order chi connectivity index (χ0) is 8.04. The molecule has 0 aliphatic heterocycles. The second-order valence-corrected chi connectivity index (χ2v) is 4.88. The Morgan fingerprint density at radius 2 is 1.90 bits per heavy atom. The highest BCUT2D eigenvalue weighted by Crippen LogP contribution is 1.97. The van der Waals surface area contributed by atoms with Gasteiger partial charge in [0.2, 0.25) is 0 Å². The van der Waals surface area contributed by atoms with Gasteiger partial charge in [0, 0.05) is 11.6 Å². The average molecular weight is 185 g/mol. The monoisotopic (exact) mass is 184 g/mol. The predicted octanol–water partition coefficient (Wildman–Crippen LogP) is 1.44. The number of alkyl halides is 1. The van der Waals surface area contributed by atoms with Gasteiger partial charge in [0.1, 0.15) is 9.84 Å². The van der Waals surface area contributed by atoms with Gasteiger partial charge < -0.3 is 0 Å². The van der Waals surface area contributed by atoms with Crippen LogP contribution in [-0.4, -0.2) is 25.8 Å². The van der Waals surface area contributed by atoms with Gasteiger partial charge in [-0.1, -0.05) is 6.92 Å². The van der Waals surface area contributed by atoms with E-state index in [-0.39, 0.29) is 5.75 Å². The fraction of sp³-hybridized carbons (Fsp3) is 1.00. The van der Waals surface area contributed by atoms with Crippen LogP contribution in [-0.2, 0) is 9.84 Å². The summed E-state index contributed by atoms with van der Waals surface area (Å²) in [5.74, 6) is 0.969. The summed E-state index contributed by atoms with van der Waals surface area (Å²) in [4.78, 5) is 0. The second-order valence-electron chi connectivity index (χ2n) is 2.19. The molecule has 0 radical (unpaired) electrons. The van der Waals surface area contributed by atoms with E-state index in [1.54, 1.807) is 0 Å². The van der Waals surface area contributed by atoms with Gasteiger partial charge in [0.15, 0.2) is 0 Å². The number of hydrogen-bond acceptors (Lipinski definition) is 2. The van der Waals surface area contributed by atoms with Gasteiger partial charge in [-0.3, -0.25) is 0 Å². The Hall–Kier alpha value is 0.240. The van der Waals surface area contributed by atoms with E-state index < -0.39 is 9.84 Å². The fourth-order valence-corrected chi connectivity index (χ4v) is 2.39. The molecule has 0 rings (SSSR count). The van der Waals surface area contributed by atoms with E-state index in [1.807, 2.05) is 6.92 Å². The third-order valence-electron chi connectivity index (χ3n) is 1.10. The average Bonchev–Trinajstić information content (AvgIpc) is 1.84. The van der Waals surface area contributed by atoms with Crippen molar-refractivity contribution in [2.75, 3.05) is 17.4 Å². The molecule has 0 unspecified atom stereocenters. The standard InChI is InChI=1S/C6H13ClO2S/c1-2-5-10(8,9)6-3-4-7/h2-6H2,1H3. The molecule has 0 fully saturated rings. The minimum Gasteiger partial charge on any atom is -0.229 e. The maximum absolute atomic E-state index is 10.9. The Bertz CT molecular complexity index is 163. The maximum Gasteiger partial charge on any atom is 0.150 e.